The number of hydrogen-bond donors (Lipinski definition) is 1. The molecule has 0 amide bonds. The van der Waals surface area contributed by atoms with Gasteiger partial charge in [-0.3, -0.25) is 0 Å². The van der Waals surface area contributed by atoms with Crippen LogP contribution in [-0.4, -0.2) is 11.7 Å². The Morgan fingerprint density at radius 3 is 1.58 bits per heavy atom. The van der Waals surface area contributed by atoms with Crippen molar-refractivity contribution >= 4 is 0 Å². The first-order chi connectivity index (χ1) is 5.41. The van der Waals surface area contributed by atoms with Gasteiger partial charge in [0.2, 0.25) is 0 Å². The molecule has 0 rings (SSSR count). The Balaban J connectivity index is 0. The maximum Gasteiger partial charge on any atom is 0.0431 e. The van der Waals surface area contributed by atoms with Crippen LogP contribution in [-0.2, 0) is 21.1 Å². The molecule has 0 atom stereocenters. The number of unbranched alkanes of at least 4 members (excludes halogenated alkanes) is 7. The maximum absolute atomic E-state index is 8.51. The van der Waals surface area contributed by atoms with Crippen LogP contribution in [0, 0.1) is 0 Å². The molecule has 0 unspecified atom stereocenters. The first-order valence-corrected chi connectivity index (χ1v) is 5.02. The van der Waals surface area contributed by atoms with Gasteiger partial charge in [0.1, 0.15) is 0 Å². The molecule has 0 bridgehead atoms. The minimum atomic E-state index is 0. The fourth-order valence-electron chi connectivity index (χ4n) is 1.25. The Morgan fingerprint density at radius 1 is 0.750 bits per heavy atom. The maximum atomic E-state index is 8.51. The van der Waals surface area contributed by atoms with E-state index < -0.39 is 0 Å². The fraction of sp³-hybridized carbons (Fsp3) is 1.00. The molecule has 0 aliphatic carbocycles. The summed E-state index contributed by atoms with van der Waals surface area (Å²) in [5.74, 6) is 0. The Kier molecular flexibility index (Phi) is 17.9. The second kappa shape index (κ2) is 14.2. The molecule has 0 spiro atoms. The summed E-state index contributed by atoms with van der Waals surface area (Å²) in [7, 11) is 0. The van der Waals surface area contributed by atoms with Gasteiger partial charge in [0.05, 0.1) is 0 Å². The van der Waals surface area contributed by atoms with Crippen LogP contribution in [0.25, 0.3) is 0 Å². The van der Waals surface area contributed by atoms with E-state index in [1.165, 1.54) is 44.9 Å². The van der Waals surface area contributed by atoms with Crippen molar-refractivity contribution in [3.63, 3.8) is 0 Å². The summed E-state index contributed by atoms with van der Waals surface area (Å²) in [6, 6.07) is 0. The Labute approximate surface area is 91.2 Å². The first-order valence-electron chi connectivity index (χ1n) is 5.02. The Morgan fingerprint density at radius 2 is 1.17 bits per heavy atom. The molecule has 0 aromatic heterocycles. The molecule has 1 nitrogen and oxygen atoms in total. The minimum Gasteiger partial charge on any atom is -0.396 e. The zero-order valence-electron chi connectivity index (χ0n) is 8.22. The van der Waals surface area contributed by atoms with E-state index in [4.69, 9.17) is 5.11 Å². The summed E-state index contributed by atoms with van der Waals surface area (Å²) < 4.78 is 0. The molecule has 2 heteroatoms. The van der Waals surface area contributed by atoms with Crippen molar-refractivity contribution in [2.24, 2.45) is 0 Å². The Hall–Kier alpha value is 0.648. The van der Waals surface area contributed by atoms with Crippen LogP contribution in [0.4, 0.5) is 0 Å². The third-order valence-corrected chi connectivity index (χ3v) is 2.01. The smallest absolute Gasteiger partial charge is 0.0431 e. The van der Waals surface area contributed by atoms with Gasteiger partial charge in [-0.05, 0) is 6.42 Å². The second-order valence-electron chi connectivity index (χ2n) is 3.20. The molecule has 0 heterocycles. The van der Waals surface area contributed by atoms with Gasteiger partial charge in [-0.15, -0.1) is 0 Å². The van der Waals surface area contributed by atoms with Crippen LogP contribution in [0.3, 0.4) is 0 Å². The third kappa shape index (κ3) is 13.3. The molecule has 0 aliphatic heterocycles. The normalized spacial score (nSPS) is 9.50. The summed E-state index contributed by atoms with van der Waals surface area (Å²) >= 11 is 0. The molecule has 0 fully saturated rings. The van der Waals surface area contributed by atoms with Crippen molar-refractivity contribution in [1.29, 1.82) is 0 Å². The summed E-state index contributed by atoms with van der Waals surface area (Å²) in [6.07, 6.45) is 10.4. The van der Waals surface area contributed by atoms with Crippen LogP contribution in [0.2, 0.25) is 0 Å². The molecule has 0 saturated carbocycles. The molecule has 0 saturated heterocycles. The van der Waals surface area contributed by atoms with E-state index in [1.54, 1.807) is 0 Å². The number of rotatable bonds is 8. The average molecular weight is 342 g/mol. The molecule has 0 aromatic carbocycles. The van der Waals surface area contributed by atoms with Crippen LogP contribution < -0.4 is 0 Å². The quantitative estimate of drug-likeness (QED) is 0.672. The molecular formula is C10H22OW. The van der Waals surface area contributed by atoms with Crippen molar-refractivity contribution < 1.29 is 26.2 Å². The zero-order chi connectivity index (χ0) is 8.36. The van der Waals surface area contributed by atoms with Crippen molar-refractivity contribution in [3.8, 4) is 0 Å². The summed E-state index contributed by atoms with van der Waals surface area (Å²) in [6.45, 7) is 2.61. The van der Waals surface area contributed by atoms with Crippen LogP contribution >= 0.6 is 0 Å². The van der Waals surface area contributed by atoms with E-state index in [1.807, 2.05) is 0 Å². The molecular weight excluding hydrogens is 320 g/mol. The third-order valence-electron chi connectivity index (χ3n) is 2.01. The van der Waals surface area contributed by atoms with Gasteiger partial charge in [0, 0.05) is 27.7 Å². The number of aliphatic hydroxyl groups excluding tert-OH is 1. The largest absolute Gasteiger partial charge is 0.396 e. The van der Waals surface area contributed by atoms with Gasteiger partial charge in [-0.1, -0.05) is 51.9 Å². The van der Waals surface area contributed by atoms with Gasteiger partial charge < -0.3 is 5.11 Å². The van der Waals surface area contributed by atoms with E-state index in [9.17, 15) is 0 Å². The first kappa shape index (κ1) is 15.1. The predicted octanol–water partition coefficient (Wildman–Crippen LogP) is 3.12. The fourth-order valence-corrected chi connectivity index (χ4v) is 1.25. The summed E-state index contributed by atoms with van der Waals surface area (Å²) in [4.78, 5) is 0. The van der Waals surface area contributed by atoms with E-state index >= 15 is 0 Å². The van der Waals surface area contributed by atoms with Crippen molar-refractivity contribution in [2.45, 2.75) is 58.3 Å². The van der Waals surface area contributed by atoms with Gasteiger partial charge in [0.15, 0.2) is 0 Å². The number of hydrogen-bond acceptors (Lipinski definition) is 1. The molecule has 12 heavy (non-hydrogen) atoms. The van der Waals surface area contributed by atoms with Crippen LogP contribution in [0.5, 0.6) is 0 Å². The SMILES string of the molecule is CCCCCCCCCCO.[W]. The van der Waals surface area contributed by atoms with E-state index in [0.717, 1.165) is 6.42 Å². The van der Waals surface area contributed by atoms with Gasteiger partial charge in [-0.25, -0.2) is 0 Å². The van der Waals surface area contributed by atoms with E-state index in [-0.39, 0.29) is 21.1 Å². The number of aliphatic hydroxyl groups is 1. The van der Waals surface area contributed by atoms with E-state index in [2.05, 4.69) is 6.92 Å². The summed E-state index contributed by atoms with van der Waals surface area (Å²) in [5.41, 5.74) is 0. The standard InChI is InChI=1S/C10H22O.W/c1-2-3-4-5-6-7-8-9-10-11;/h11H,2-10H2,1H3;. The van der Waals surface area contributed by atoms with Crippen LogP contribution in [0.15, 0.2) is 0 Å². The average Bonchev–Trinajstić information content (AvgIpc) is 2.03. The Bertz CT molecular complexity index is 58.9. The van der Waals surface area contributed by atoms with Gasteiger partial charge in [0.25, 0.3) is 0 Å². The minimum absolute atomic E-state index is 0. The second-order valence-corrected chi connectivity index (χ2v) is 3.20. The van der Waals surface area contributed by atoms with Crippen molar-refractivity contribution in [2.75, 3.05) is 6.61 Å². The van der Waals surface area contributed by atoms with Gasteiger partial charge >= 0.3 is 0 Å². The summed E-state index contributed by atoms with van der Waals surface area (Å²) in [5, 5.41) is 8.51. The topological polar surface area (TPSA) is 20.2 Å². The molecule has 0 aromatic rings. The monoisotopic (exact) mass is 342 g/mol. The van der Waals surface area contributed by atoms with Crippen molar-refractivity contribution in [1.82, 2.24) is 0 Å². The van der Waals surface area contributed by atoms with Crippen molar-refractivity contribution in [3.05, 3.63) is 0 Å². The van der Waals surface area contributed by atoms with Gasteiger partial charge in [-0.2, -0.15) is 0 Å². The predicted molar refractivity (Wildman–Crippen MR) is 49.7 cm³/mol. The molecule has 1 N–H and O–H groups in total. The zero-order valence-corrected chi connectivity index (χ0v) is 11.2. The van der Waals surface area contributed by atoms with Crippen LogP contribution in [0.1, 0.15) is 58.3 Å². The molecule has 0 radical (unpaired) electrons. The van der Waals surface area contributed by atoms with E-state index in [0.29, 0.717) is 6.61 Å². The molecule has 0 aliphatic rings. The molecule has 74 valence electrons.